The Labute approximate surface area is 93.5 Å². The van der Waals surface area contributed by atoms with Crippen LogP contribution in [0.2, 0.25) is 0 Å². The molecular formula is C10H14ClNO3. The fourth-order valence-corrected chi connectivity index (χ4v) is 1.32. The number of alkyl halides is 1. The molecule has 0 aliphatic heterocycles. The summed E-state index contributed by atoms with van der Waals surface area (Å²) < 4.78 is 9.95. The minimum Gasteiger partial charge on any atom is -0.469 e. The molecule has 1 amide bonds. The van der Waals surface area contributed by atoms with Gasteiger partial charge in [0.15, 0.2) is 0 Å². The standard InChI is InChI=1S/C10H14ClNO3/c1-7-3-8(5-15-7)10(13)12-9(4-11)6-14-2/h3,5,9H,4,6H2,1-2H3,(H,12,13). The van der Waals surface area contributed by atoms with Gasteiger partial charge in [0.1, 0.15) is 12.0 Å². The Hall–Kier alpha value is -1.00. The van der Waals surface area contributed by atoms with Gasteiger partial charge in [-0.1, -0.05) is 0 Å². The Balaban J connectivity index is 2.54. The summed E-state index contributed by atoms with van der Waals surface area (Å²) in [4.78, 5) is 11.6. The highest BCUT2D eigenvalue weighted by molar-refractivity contribution is 6.18. The molecule has 0 radical (unpaired) electrons. The summed E-state index contributed by atoms with van der Waals surface area (Å²) in [6, 6.07) is 1.49. The molecule has 0 spiro atoms. The van der Waals surface area contributed by atoms with Gasteiger partial charge in [0, 0.05) is 13.0 Å². The van der Waals surface area contributed by atoms with Crippen LogP contribution in [0.5, 0.6) is 0 Å². The van der Waals surface area contributed by atoms with E-state index in [2.05, 4.69) is 5.32 Å². The van der Waals surface area contributed by atoms with E-state index in [4.69, 9.17) is 20.8 Å². The zero-order valence-electron chi connectivity index (χ0n) is 8.75. The highest BCUT2D eigenvalue weighted by atomic mass is 35.5. The van der Waals surface area contributed by atoms with Crippen LogP contribution in [-0.4, -0.2) is 31.5 Å². The molecule has 0 fully saturated rings. The van der Waals surface area contributed by atoms with E-state index < -0.39 is 0 Å². The number of hydrogen-bond acceptors (Lipinski definition) is 3. The van der Waals surface area contributed by atoms with Gasteiger partial charge in [0.05, 0.1) is 18.2 Å². The van der Waals surface area contributed by atoms with Crippen LogP contribution in [0.25, 0.3) is 0 Å². The molecule has 1 unspecified atom stereocenters. The number of amides is 1. The Morgan fingerprint density at radius 1 is 1.73 bits per heavy atom. The van der Waals surface area contributed by atoms with Crippen LogP contribution in [0, 0.1) is 6.92 Å². The van der Waals surface area contributed by atoms with Crippen LogP contribution in [0.4, 0.5) is 0 Å². The first-order valence-electron chi connectivity index (χ1n) is 4.58. The normalized spacial score (nSPS) is 12.5. The Bertz CT molecular complexity index is 324. The second kappa shape index (κ2) is 5.78. The van der Waals surface area contributed by atoms with E-state index in [1.165, 1.54) is 6.26 Å². The molecule has 1 rings (SSSR count). The monoisotopic (exact) mass is 231 g/mol. The molecule has 1 aromatic rings. The lowest BCUT2D eigenvalue weighted by atomic mass is 10.2. The molecule has 1 N–H and O–H groups in total. The third-order valence-corrected chi connectivity index (χ3v) is 2.25. The average Bonchev–Trinajstić information content (AvgIpc) is 2.64. The molecule has 0 saturated carbocycles. The van der Waals surface area contributed by atoms with Crippen LogP contribution in [0.15, 0.2) is 16.7 Å². The summed E-state index contributed by atoms with van der Waals surface area (Å²) in [6.07, 6.45) is 1.42. The quantitative estimate of drug-likeness (QED) is 0.783. The first-order valence-corrected chi connectivity index (χ1v) is 5.11. The molecular weight excluding hydrogens is 218 g/mol. The van der Waals surface area contributed by atoms with Crippen LogP contribution in [-0.2, 0) is 4.74 Å². The Morgan fingerprint density at radius 2 is 2.47 bits per heavy atom. The number of hydrogen-bond donors (Lipinski definition) is 1. The van der Waals surface area contributed by atoms with E-state index in [9.17, 15) is 4.79 Å². The molecule has 5 heteroatoms. The highest BCUT2D eigenvalue weighted by Crippen LogP contribution is 2.06. The molecule has 0 saturated heterocycles. The van der Waals surface area contributed by atoms with Gasteiger partial charge in [-0.15, -0.1) is 11.6 Å². The van der Waals surface area contributed by atoms with Gasteiger partial charge in [0.2, 0.25) is 0 Å². The summed E-state index contributed by atoms with van der Waals surface area (Å²) in [6.45, 7) is 2.18. The predicted molar refractivity (Wildman–Crippen MR) is 57.3 cm³/mol. The first-order chi connectivity index (χ1) is 7.17. The van der Waals surface area contributed by atoms with Crippen molar-refractivity contribution in [3.8, 4) is 0 Å². The number of methoxy groups -OCH3 is 1. The van der Waals surface area contributed by atoms with Gasteiger partial charge in [-0.05, 0) is 13.0 Å². The van der Waals surface area contributed by atoms with E-state index in [0.717, 1.165) is 0 Å². The number of carbonyl (C=O) groups excluding carboxylic acids is 1. The molecule has 84 valence electrons. The molecule has 1 aromatic heterocycles. The number of aryl methyl sites for hydroxylation is 1. The summed E-state index contributed by atoms with van der Waals surface area (Å²) in [7, 11) is 1.56. The maximum atomic E-state index is 11.6. The summed E-state index contributed by atoms with van der Waals surface area (Å²) in [5.41, 5.74) is 0.499. The van der Waals surface area contributed by atoms with Crippen LogP contribution in [0.1, 0.15) is 16.1 Å². The lowest BCUT2D eigenvalue weighted by Gasteiger charge is -2.13. The minimum absolute atomic E-state index is 0.181. The highest BCUT2D eigenvalue weighted by Gasteiger charge is 2.14. The largest absolute Gasteiger partial charge is 0.469 e. The average molecular weight is 232 g/mol. The molecule has 0 aliphatic carbocycles. The molecule has 4 nitrogen and oxygen atoms in total. The van der Waals surface area contributed by atoms with E-state index in [1.54, 1.807) is 20.1 Å². The third-order valence-electron chi connectivity index (χ3n) is 1.88. The number of rotatable bonds is 5. The van der Waals surface area contributed by atoms with Crippen molar-refractivity contribution >= 4 is 17.5 Å². The van der Waals surface area contributed by atoms with Crippen molar-refractivity contribution in [3.05, 3.63) is 23.7 Å². The van der Waals surface area contributed by atoms with Crippen molar-refractivity contribution in [3.63, 3.8) is 0 Å². The van der Waals surface area contributed by atoms with Gasteiger partial charge in [-0.2, -0.15) is 0 Å². The lowest BCUT2D eigenvalue weighted by Crippen LogP contribution is -2.39. The van der Waals surface area contributed by atoms with Gasteiger partial charge < -0.3 is 14.5 Å². The fraction of sp³-hybridized carbons (Fsp3) is 0.500. The van der Waals surface area contributed by atoms with Gasteiger partial charge in [-0.3, -0.25) is 4.79 Å². The maximum Gasteiger partial charge on any atom is 0.254 e. The van der Waals surface area contributed by atoms with Crippen LogP contribution in [0.3, 0.4) is 0 Å². The minimum atomic E-state index is -0.199. The van der Waals surface area contributed by atoms with E-state index in [1.807, 2.05) is 0 Å². The molecule has 0 bridgehead atoms. The Morgan fingerprint density at radius 3 is 2.93 bits per heavy atom. The number of halogens is 1. The van der Waals surface area contributed by atoms with Gasteiger partial charge in [-0.25, -0.2) is 0 Å². The molecule has 1 heterocycles. The zero-order valence-corrected chi connectivity index (χ0v) is 9.50. The van der Waals surface area contributed by atoms with E-state index in [-0.39, 0.29) is 11.9 Å². The second-order valence-electron chi connectivity index (χ2n) is 3.23. The molecule has 0 aromatic carbocycles. The summed E-state index contributed by atoms with van der Waals surface area (Å²) in [5.74, 6) is 0.819. The van der Waals surface area contributed by atoms with Crippen LogP contribution < -0.4 is 5.32 Å². The second-order valence-corrected chi connectivity index (χ2v) is 3.53. The van der Waals surface area contributed by atoms with Crippen molar-refractivity contribution in [2.75, 3.05) is 19.6 Å². The number of ether oxygens (including phenoxy) is 1. The molecule has 0 aliphatic rings. The Kier molecular flexibility index (Phi) is 4.65. The topological polar surface area (TPSA) is 51.5 Å². The number of furan rings is 1. The maximum absolute atomic E-state index is 11.6. The summed E-state index contributed by atoms with van der Waals surface area (Å²) >= 11 is 5.66. The van der Waals surface area contributed by atoms with E-state index >= 15 is 0 Å². The van der Waals surface area contributed by atoms with E-state index in [0.29, 0.717) is 23.8 Å². The van der Waals surface area contributed by atoms with Gasteiger partial charge >= 0.3 is 0 Å². The molecule has 15 heavy (non-hydrogen) atoms. The van der Waals surface area contributed by atoms with Crippen molar-refractivity contribution in [1.29, 1.82) is 0 Å². The number of carbonyl (C=O) groups is 1. The lowest BCUT2D eigenvalue weighted by molar-refractivity contribution is 0.0906. The smallest absolute Gasteiger partial charge is 0.254 e. The van der Waals surface area contributed by atoms with Crippen molar-refractivity contribution in [1.82, 2.24) is 5.32 Å². The first kappa shape index (κ1) is 12.1. The number of nitrogens with one attached hydrogen (secondary N) is 1. The van der Waals surface area contributed by atoms with Crippen molar-refractivity contribution in [2.24, 2.45) is 0 Å². The third kappa shape index (κ3) is 3.57. The molecule has 1 atom stereocenters. The SMILES string of the molecule is COCC(CCl)NC(=O)c1coc(C)c1. The van der Waals surface area contributed by atoms with Gasteiger partial charge in [0.25, 0.3) is 5.91 Å². The zero-order chi connectivity index (χ0) is 11.3. The predicted octanol–water partition coefficient (Wildman–Crippen LogP) is 1.57. The fourth-order valence-electron chi connectivity index (χ4n) is 1.16. The van der Waals surface area contributed by atoms with Crippen molar-refractivity contribution < 1.29 is 13.9 Å². The van der Waals surface area contributed by atoms with Crippen molar-refractivity contribution in [2.45, 2.75) is 13.0 Å². The summed E-state index contributed by atoms with van der Waals surface area (Å²) in [5, 5.41) is 2.74. The van der Waals surface area contributed by atoms with Crippen LogP contribution >= 0.6 is 11.6 Å².